The predicted octanol–water partition coefficient (Wildman–Crippen LogP) is 2.78. The van der Waals surface area contributed by atoms with Crippen LogP contribution in [0.15, 0.2) is 36.4 Å². The molecule has 0 radical (unpaired) electrons. The summed E-state index contributed by atoms with van der Waals surface area (Å²) in [6.45, 7) is 9.51. The van der Waals surface area contributed by atoms with Crippen molar-refractivity contribution in [2.75, 3.05) is 12.0 Å². The van der Waals surface area contributed by atoms with Crippen LogP contribution in [0.1, 0.15) is 42.5 Å². The van der Waals surface area contributed by atoms with E-state index in [4.69, 9.17) is 4.74 Å². The molecular formula is C19H25N3O3. The summed E-state index contributed by atoms with van der Waals surface area (Å²) >= 11 is 0. The topological polar surface area (TPSA) is 72.4 Å². The van der Waals surface area contributed by atoms with Gasteiger partial charge < -0.3 is 10.1 Å². The van der Waals surface area contributed by atoms with Crippen molar-refractivity contribution in [1.82, 2.24) is 9.99 Å². The van der Waals surface area contributed by atoms with Gasteiger partial charge in [0.25, 0.3) is 11.8 Å². The van der Waals surface area contributed by atoms with Crippen LogP contribution in [-0.4, -0.2) is 28.6 Å². The fraction of sp³-hybridized carbons (Fsp3) is 0.368. The number of amides is 2. The molecule has 0 aliphatic carbocycles. The van der Waals surface area contributed by atoms with E-state index >= 15 is 0 Å². The maximum Gasteiger partial charge on any atom is 0.270 e. The zero-order valence-electron chi connectivity index (χ0n) is 15.3. The lowest BCUT2D eigenvalue weighted by molar-refractivity contribution is -0.124. The SMILES string of the molecule is Cc1ccc(C)n1NC(=O)c1ccc(OCC(=O)NC(C)(C)C)cc1. The van der Waals surface area contributed by atoms with Gasteiger partial charge in [-0.05, 0) is 71.0 Å². The third-order valence-electron chi connectivity index (χ3n) is 3.49. The van der Waals surface area contributed by atoms with Gasteiger partial charge in [-0.2, -0.15) is 0 Å². The molecule has 25 heavy (non-hydrogen) atoms. The van der Waals surface area contributed by atoms with Gasteiger partial charge in [-0.25, -0.2) is 0 Å². The molecule has 1 aromatic heterocycles. The van der Waals surface area contributed by atoms with Crippen LogP contribution in [0.4, 0.5) is 0 Å². The first-order valence-corrected chi connectivity index (χ1v) is 8.16. The number of hydrogen-bond donors (Lipinski definition) is 2. The summed E-state index contributed by atoms with van der Waals surface area (Å²) in [6.07, 6.45) is 0. The number of aromatic nitrogens is 1. The molecule has 2 rings (SSSR count). The fourth-order valence-electron chi connectivity index (χ4n) is 2.32. The summed E-state index contributed by atoms with van der Waals surface area (Å²) in [6, 6.07) is 10.6. The van der Waals surface area contributed by atoms with Crippen molar-refractivity contribution < 1.29 is 14.3 Å². The van der Waals surface area contributed by atoms with Crippen molar-refractivity contribution >= 4 is 11.8 Å². The van der Waals surface area contributed by atoms with Gasteiger partial charge in [-0.1, -0.05) is 0 Å². The van der Waals surface area contributed by atoms with Crippen LogP contribution < -0.4 is 15.5 Å². The van der Waals surface area contributed by atoms with Gasteiger partial charge in [0.15, 0.2) is 6.61 Å². The maximum absolute atomic E-state index is 12.3. The molecule has 0 atom stereocenters. The second kappa shape index (κ2) is 7.42. The quantitative estimate of drug-likeness (QED) is 0.877. The average molecular weight is 343 g/mol. The monoisotopic (exact) mass is 343 g/mol. The third kappa shape index (κ3) is 5.38. The first-order chi connectivity index (χ1) is 11.7. The Kier molecular flexibility index (Phi) is 5.51. The molecule has 134 valence electrons. The lowest BCUT2D eigenvalue weighted by Crippen LogP contribution is -2.43. The van der Waals surface area contributed by atoms with Gasteiger partial charge in [0.05, 0.1) is 0 Å². The highest BCUT2D eigenvalue weighted by atomic mass is 16.5. The Labute approximate surface area is 148 Å². The van der Waals surface area contributed by atoms with Crippen molar-refractivity contribution in [3.63, 3.8) is 0 Å². The fourth-order valence-corrected chi connectivity index (χ4v) is 2.32. The van der Waals surface area contributed by atoms with E-state index in [0.29, 0.717) is 11.3 Å². The minimum atomic E-state index is -0.295. The summed E-state index contributed by atoms with van der Waals surface area (Å²) in [4.78, 5) is 24.1. The zero-order chi connectivity index (χ0) is 18.6. The van der Waals surface area contributed by atoms with Crippen LogP contribution in [0.25, 0.3) is 0 Å². The predicted molar refractivity (Wildman–Crippen MR) is 97.4 cm³/mol. The van der Waals surface area contributed by atoms with Crippen LogP contribution >= 0.6 is 0 Å². The molecule has 6 nitrogen and oxygen atoms in total. The summed E-state index contributed by atoms with van der Waals surface area (Å²) in [5, 5.41) is 2.82. The zero-order valence-corrected chi connectivity index (χ0v) is 15.3. The number of carbonyl (C=O) groups excluding carboxylic acids is 2. The standard InChI is InChI=1S/C19H25N3O3/c1-13-6-7-14(2)22(13)21-18(24)15-8-10-16(11-9-15)25-12-17(23)20-19(3,4)5/h6-11H,12H2,1-5H3,(H,20,23)(H,21,24). The van der Waals surface area contributed by atoms with E-state index < -0.39 is 0 Å². The molecule has 0 spiro atoms. The number of nitrogens with one attached hydrogen (secondary N) is 2. The molecule has 0 unspecified atom stereocenters. The third-order valence-corrected chi connectivity index (χ3v) is 3.49. The Bertz CT molecular complexity index is 736. The smallest absolute Gasteiger partial charge is 0.270 e. The van der Waals surface area contributed by atoms with E-state index in [0.717, 1.165) is 11.4 Å². The van der Waals surface area contributed by atoms with Crippen molar-refractivity contribution in [1.29, 1.82) is 0 Å². The first-order valence-electron chi connectivity index (χ1n) is 8.16. The van der Waals surface area contributed by atoms with E-state index in [-0.39, 0.29) is 24.0 Å². The Morgan fingerprint density at radius 2 is 1.56 bits per heavy atom. The summed E-state index contributed by atoms with van der Waals surface area (Å²) < 4.78 is 7.18. The summed E-state index contributed by atoms with van der Waals surface area (Å²) in [5.41, 5.74) is 4.97. The first kappa shape index (κ1) is 18.6. The summed E-state index contributed by atoms with van der Waals surface area (Å²) in [7, 11) is 0. The molecular weight excluding hydrogens is 318 g/mol. The van der Waals surface area contributed by atoms with Crippen LogP contribution in [0, 0.1) is 13.8 Å². The Morgan fingerprint density at radius 3 is 2.08 bits per heavy atom. The van der Waals surface area contributed by atoms with Crippen molar-refractivity contribution in [3.8, 4) is 5.75 Å². The normalized spacial score (nSPS) is 11.1. The molecule has 1 heterocycles. The molecule has 0 saturated heterocycles. The largest absolute Gasteiger partial charge is 0.484 e. The van der Waals surface area contributed by atoms with Crippen LogP contribution in [-0.2, 0) is 4.79 Å². The van der Waals surface area contributed by atoms with Gasteiger partial charge >= 0.3 is 0 Å². The van der Waals surface area contributed by atoms with E-state index in [1.807, 2.05) is 46.8 Å². The van der Waals surface area contributed by atoms with Crippen LogP contribution in [0.5, 0.6) is 5.75 Å². The van der Waals surface area contributed by atoms with Gasteiger partial charge in [0.1, 0.15) is 5.75 Å². The van der Waals surface area contributed by atoms with Gasteiger partial charge in [0, 0.05) is 22.5 Å². The number of rotatable bonds is 5. The molecule has 0 saturated carbocycles. The number of hydrogen-bond acceptors (Lipinski definition) is 3. The van der Waals surface area contributed by atoms with E-state index in [1.54, 1.807) is 28.9 Å². The molecule has 2 aromatic rings. The van der Waals surface area contributed by atoms with E-state index in [2.05, 4.69) is 10.7 Å². The van der Waals surface area contributed by atoms with Crippen LogP contribution in [0.2, 0.25) is 0 Å². The average Bonchev–Trinajstić information content (AvgIpc) is 2.83. The van der Waals surface area contributed by atoms with Gasteiger partial charge in [-0.3, -0.25) is 19.7 Å². The number of benzene rings is 1. The minimum Gasteiger partial charge on any atom is -0.484 e. The molecule has 0 fully saturated rings. The summed E-state index contributed by atoms with van der Waals surface area (Å²) in [5.74, 6) is 0.140. The number of carbonyl (C=O) groups is 2. The maximum atomic E-state index is 12.3. The highest BCUT2D eigenvalue weighted by molar-refractivity contribution is 6.00. The molecule has 2 N–H and O–H groups in total. The highest BCUT2D eigenvalue weighted by Crippen LogP contribution is 2.13. The second-order valence-corrected chi connectivity index (χ2v) is 7.00. The number of ether oxygens (including phenoxy) is 1. The number of aryl methyl sites for hydroxylation is 2. The van der Waals surface area contributed by atoms with Crippen molar-refractivity contribution in [2.24, 2.45) is 0 Å². The lowest BCUT2D eigenvalue weighted by Gasteiger charge is -2.20. The Balaban J connectivity index is 1.93. The Morgan fingerprint density at radius 1 is 1.00 bits per heavy atom. The molecule has 0 aliphatic heterocycles. The second-order valence-electron chi connectivity index (χ2n) is 7.00. The Hall–Kier alpha value is -2.76. The van der Waals surface area contributed by atoms with Crippen molar-refractivity contribution in [3.05, 3.63) is 53.3 Å². The van der Waals surface area contributed by atoms with Gasteiger partial charge in [0.2, 0.25) is 0 Å². The minimum absolute atomic E-state index is 0.0649. The highest BCUT2D eigenvalue weighted by Gasteiger charge is 2.14. The van der Waals surface area contributed by atoms with E-state index in [1.165, 1.54) is 0 Å². The van der Waals surface area contributed by atoms with Crippen molar-refractivity contribution in [2.45, 2.75) is 40.2 Å². The molecule has 2 amide bonds. The number of nitrogens with zero attached hydrogens (tertiary/aromatic N) is 1. The van der Waals surface area contributed by atoms with Crippen LogP contribution in [0.3, 0.4) is 0 Å². The molecule has 0 aliphatic rings. The molecule has 6 heteroatoms. The molecule has 0 bridgehead atoms. The van der Waals surface area contributed by atoms with E-state index in [9.17, 15) is 9.59 Å². The van der Waals surface area contributed by atoms with Gasteiger partial charge in [-0.15, -0.1) is 0 Å². The lowest BCUT2D eigenvalue weighted by atomic mass is 10.1. The molecule has 1 aromatic carbocycles.